The number of benzene rings is 1. The number of pyridine rings is 1. The summed E-state index contributed by atoms with van der Waals surface area (Å²) in [5, 5.41) is 20.2. The van der Waals surface area contributed by atoms with Gasteiger partial charge in [-0.1, -0.05) is 0 Å². The second kappa shape index (κ2) is 4.64. The Labute approximate surface area is 117 Å². The number of nitro benzene ring substituents is 1. The van der Waals surface area contributed by atoms with E-state index in [0.717, 1.165) is 6.07 Å². The summed E-state index contributed by atoms with van der Waals surface area (Å²) in [7, 11) is 0. The number of nitro groups is 1. The second-order valence-corrected chi connectivity index (χ2v) is 4.12. The van der Waals surface area contributed by atoms with Crippen molar-refractivity contribution < 1.29 is 9.31 Å². The van der Waals surface area contributed by atoms with Gasteiger partial charge in [0, 0.05) is 18.6 Å². The van der Waals surface area contributed by atoms with Crippen LogP contribution in [0.25, 0.3) is 16.6 Å². The van der Waals surface area contributed by atoms with E-state index in [1.165, 1.54) is 35.3 Å². The fraction of sp³-hybridized carbons (Fsp3) is 0. The van der Waals surface area contributed by atoms with Crippen molar-refractivity contribution in [1.29, 1.82) is 5.26 Å². The third-order valence-electron chi connectivity index (χ3n) is 2.98. The lowest BCUT2D eigenvalue weighted by molar-refractivity contribution is -0.383. The first-order valence-corrected chi connectivity index (χ1v) is 5.79. The lowest BCUT2D eigenvalue weighted by atomic mass is 10.1. The van der Waals surface area contributed by atoms with Crippen LogP contribution in [0.2, 0.25) is 0 Å². The summed E-state index contributed by atoms with van der Waals surface area (Å²) in [6, 6.07) is 5.65. The van der Waals surface area contributed by atoms with Gasteiger partial charge in [0.25, 0.3) is 5.69 Å². The molecular weight excluding hydrogens is 277 g/mol. The van der Waals surface area contributed by atoms with E-state index in [1.54, 1.807) is 0 Å². The molecule has 0 bridgehead atoms. The predicted octanol–water partition coefficient (Wildman–Crippen LogP) is 2.34. The minimum atomic E-state index is -0.845. The smallest absolute Gasteiger partial charge is 0.281 e. The van der Waals surface area contributed by atoms with E-state index < -0.39 is 10.7 Å². The third kappa shape index (κ3) is 1.88. The molecule has 7 nitrogen and oxygen atoms in total. The summed E-state index contributed by atoms with van der Waals surface area (Å²) in [4.78, 5) is 18.2. The van der Waals surface area contributed by atoms with Crippen molar-refractivity contribution in [2.24, 2.45) is 0 Å². The van der Waals surface area contributed by atoms with E-state index >= 15 is 0 Å². The molecule has 0 aliphatic rings. The monoisotopic (exact) mass is 283 g/mol. The Morgan fingerprint density at radius 3 is 2.90 bits per heavy atom. The highest BCUT2D eigenvalue weighted by molar-refractivity contribution is 5.94. The van der Waals surface area contributed by atoms with Gasteiger partial charge in [0.2, 0.25) is 5.82 Å². The average molecular weight is 283 g/mol. The van der Waals surface area contributed by atoms with Gasteiger partial charge in [0.15, 0.2) is 5.82 Å². The normalized spacial score (nSPS) is 10.5. The molecule has 2 aromatic heterocycles. The number of hydrogen-bond donors (Lipinski definition) is 0. The maximum Gasteiger partial charge on any atom is 0.281 e. The van der Waals surface area contributed by atoms with Gasteiger partial charge in [-0.3, -0.25) is 19.7 Å². The van der Waals surface area contributed by atoms with Crippen molar-refractivity contribution in [2.75, 3.05) is 0 Å². The Balaban J connectivity index is 2.45. The molecule has 102 valence electrons. The molecule has 0 aliphatic carbocycles. The number of aromatic nitrogens is 3. The van der Waals surface area contributed by atoms with Crippen molar-refractivity contribution in [3.63, 3.8) is 0 Å². The molecular formula is C13H6FN5O2. The number of halogens is 1. The van der Waals surface area contributed by atoms with E-state index in [2.05, 4.69) is 9.97 Å². The molecule has 0 unspecified atom stereocenters. The predicted molar refractivity (Wildman–Crippen MR) is 70.2 cm³/mol. The Morgan fingerprint density at radius 2 is 2.19 bits per heavy atom. The Bertz CT molecular complexity index is 913. The molecule has 0 saturated heterocycles. The molecule has 0 saturated carbocycles. The molecule has 2 heterocycles. The SMILES string of the molecule is N#Cc1nccn1-c1c(F)cc([N+](=O)[O-])c2cccnc12. The van der Waals surface area contributed by atoms with Crippen LogP contribution in [0.5, 0.6) is 0 Å². The molecule has 0 spiro atoms. The topological polar surface area (TPSA) is 97.6 Å². The Hall–Kier alpha value is -3.34. The fourth-order valence-corrected chi connectivity index (χ4v) is 2.13. The number of rotatable bonds is 2. The molecule has 8 heteroatoms. The van der Waals surface area contributed by atoms with E-state index in [4.69, 9.17) is 5.26 Å². The maximum absolute atomic E-state index is 14.3. The minimum absolute atomic E-state index is 0.0327. The van der Waals surface area contributed by atoms with E-state index in [1.807, 2.05) is 6.07 Å². The largest absolute Gasteiger partial charge is 0.286 e. The molecule has 3 aromatic rings. The molecule has 3 rings (SSSR count). The minimum Gasteiger partial charge on any atom is -0.286 e. The van der Waals surface area contributed by atoms with Crippen LogP contribution in [-0.4, -0.2) is 19.5 Å². The molecule has 0 fully saturated rings. The van der Waals surface area contributed by atoms with Crippen LogP contribution in [-0.2, 0) is 0 Å². The zero-order chi connectivity index (χ0) is 15.0. The van der Waals surface area contributed by atoms with Gasteiger partial charge in [0.05, 0.1) is 16.4 Å². The number of non-ortho nitro benzene ring substituents is 1. The number of nitrogens with zero attached hydrogens (tertiary/aromatic N) is 5. The van der Waals surface area contributed by atoms with Crippen LogP contribution in [0.1, 0.15) is 5.82 Å². The van der Waals surface area contributed by atoms with Crippen LogP contribution in [0.3, 0.4) is 0 Å². The summed E-state index contributed by atoms with van der Waals surface area (Å²) in [5.41, 5.74) is -0.318. The molecule has 0 atom stereocenters. The van der Waals surface area contributed by atoms with Gasteiger partial charge in [0.1, 0.15) is 17.3 Å². The number of hydrogen-bond acceptors (Lipinski definition) is 5. The molecule has 0 N–H and O–H groups in total. The highest BCUT2D eigenvalue weighted by atomic mass is 19.1. The van der Waals surface area contributed by atoms with Gasteiger partial charge in [-0.15, -0.1) is 0 Å². The first-order valence-electron chi connectivity index (χ1n) is 5.79. The van der Waals surface area contributed by atoms with Crippen LogP contribution >= 0.6 is 0 Å². The third-order valence-corrected chi connectivity index (χ3v) is 2.98. The summed E-state index contributed by atoms with van der Waals surface area (Å²) < 4.78 is 15.5. The second-order valence-electron chi connectivity index (χ2n) is 4.12. The van der Waals surface area contributed by atoms with Gasteiger partial charge in [-0.2, -0.15) is 5.26 Å². The van der Waals surface area contributed by atoms with Crippen LogP contribution < -0.4 is 0 Å². The van der Waals surface area contributed by atoms with Crippen LogP contribution in [0.4, 0.5) is 10.1 Å². The summed E-state index contributed by atoms with van der Waals surface area (Å²) in [6.07, 6.45) is 4.14. The first kappa shape index (κ1) is 12.7. The highest BCUT2D eigenvalue weighted by Gasteiger charge is 2.22. The quantitative estimate of drug-likeness (QED) is 0.531. The van der Waals surface area contributed by atoms with Gasteiger partial charge < -0.3 is 0 Å². The average Bonchev–Trinajstić information content (AvgIpc) is 2.94. The van der Waals surface area contributed by atoms with Gasteiger partial charge >= 0.3 is 0 Å². The van der Waals surface area contributed by atoms with Gasteiger partial charge in [-0.05, 0) is 12.1 Å². The van der Waals surface area contributed by atoms with Crippen molar-refractivity contribution in [1.82, 2.24) is 14.5 Å². The van der Waals surface area contributed by atoms with E-state index in [9.17, 15) is 14.5 Å². The van der Waals surface area contributed by atoms with E-state index in [-0.39, 0.29) is 28.1 Å². The molecule has 0 amide bonds. The zero-order valence-corrected chi connectivity index (χ0v) is 10.4. The number of imidazole rings is 1. The first-order chi connectivity index (χ1) is 10.1. The van der Waals surface area contributed by atoms with E-state index in [0.29, 0.717) is 0 Å². The zero-order valence-electron chi connectivity index (χ0n) is 10.4. The summed E-state index contributed by atoms with van der Waals surface area (Å²) in [5.74, 6) is -0.878. The molecule has 21 heavy (non-hydrogen) atoms. The highest BCUT2D eigenvalue weighted by Crippen LogP contribution is 2.31. The summed E-state index contributed by atoms with van der Waals surface area (Å²) in [6.45, 7) is 0. The van der Waals surface area contributed by atoms with Crippen molar-refractivity contribution in [3.05, 3.63) is 58.5 Å². The number of nitriles is 1. The molecule has 0 radical (unpaired) electrons. The molecule has 0 aliphatic heterocycles. The van der Waals surface area contributed by atoms with Crippen LogP contribution in [0, 0.1) is 27.3 Å². The maximum atomic E-state index is 14.3. The number of fused-ring (bicyclic) bond motifs is 1. The summed E-state index contributed by atoms with van der Waals surface area (Å²) >= 11 is 0. The van der Waals surface area contributed by atoms with Crippen molar-refractivity contribution in [2.45, 2.75) is 0 Å². The molecule has 1 aromatic carbocycles. The lowest BCUT2D eigenvalue weighted by Gasteiger charge is -2.09. The Morgan fingerprint density at radius 1 is 1.38 bits per heavy atom. The fourth-order valence-electron chi connectivity index (χ4n) is 2.13. The Kier molecular flexibility index (Phi) is 2.80. The van der Waals surface area contributed by atoms with Crippen molar-refractivity contribution >= 4 is 16.6 Å². The van der Waals surface area contributed by atoms with Crippen molar-refractivity contribution in [3.8, 4) is 11.8 Å². The van der Waals surface area contributed by atoms with Crippen LogP contribution in [0.15, 0.2) is 36.8 Å². The standard InChI is InChI=1S/C13H6FN5O2/c14-9-6-10(19(20)21)8-2-1-3-17-12(8)13(9)18-5-4-16-11(18)7-15/h1-6H. The van der Waals surface area contributed by atoms with Gasteiger partial charge in [-0.25, -0.2) is 9.37 Å². The lowest BCUT2D eigenvalue weighted by Crippen LogP contribution is -2.04.